The Balaban J connectivity index is 4.47. The molecule has 0 saturated carbocycles. The Morgan fingerprint density at radius 3 is 1.44 bits per heavy atom. The van der Waals surface area contributed by atoms with Crippen molar-refractivity contribution in [3.63, 3.8) is 0 Å². The van der Waals surface area contributed by atoms with Gasteiger partial charge in [0.15, 0.2) is 16.6 Å². The van der Waals surface area contributed by atoms with Gasteiger partial charge in [0.25, 0.3) is 0 Å². The average molecular weight is 389 g/mol. The third kappa shape index (κ3) is 14.7. The second-order valence-electron chi connectivity index (χ2n) is 9.38. The SMILES string of the molecule is CC(CCCO[Si](C)(C)C)C(=NN(C)C)C(C)CCCO[Si](C)(C)C. The monoisotopic (exact) mass is 388 g/mol. The molecule has 0 saturated heterocycles. The maximum Gasteiger partial charge on any atom is 0.183 e. The van der Waals surface area contributed by atoms with E-state index in [-0.39, 0.29) is 0 Å². The van der Waals surface area contributed by atoms with Gasteiger partial charge in [0.2, 0.25) is 0 Å². The van der Waals surface area contributed by atoms with Gasteiger partial charge < -0.3 is 13.9 Å². The Labute approximate surface area is 159 Å². The summed E-state index contributed by atoms with van der Waals surface area (Å²) in [5.74, 6) is 1.00. The lowest BCUT2D eigenvalue weighted by atomic mass is 9.88. The fourth-order valence-corrected chi connectivity index (χ4v) is 4.26. The number of nitrogens with zero attached hydrogens (tertiary/aromatic N) is 2. The Hall–Kier alpha value is -0.176. The predicted octanol–water partition coefficient (Wildman–Crippen LogP) is 5.44. The first kappa shape index (κ1) is 24.8. The summed E-state index contributed by atoms with van der Waals surface area (Å²) in [7, 11) is 1.25. The molecule has 0 aromatic heterocycles. The predicted molar refractivity (Wildman–Crippen MR) is 117 cm³/mol. The van der Waals surface area contributed by atoms with Crippen LogP contribution >= 0.6 is 0 Å². The lowest BCUT2D eigenvalue weighted by molar-refractivity contribution is 0.291. The van der Waals surface area contributed by atoms with Crippen molar-refractivity contribution in [1.29, 1.82) is 0 Å². The van der Waals surface area contributed by atoms with E-state index in [0.29, 0.717) is 11.8 Å². The molecule has 0 heterocycles. The largest absolute Gasteiger partial charge is 0.418 e. The highest BCUT2D eigenvalue weighted by Crippen LogP contribution is 2.20. The number of hydrogen-bond acceptors (Lipinski definition) is 4. The molecule has 0 N–H and O–H groups in total. The van der Waals surface area contributed by atoms with E-state index in [1.54, 1.807) is 0 Å². The molecule has 25 heavy (non-hydrogen) atoms. The van der Waals surface area contributed by atoms with Gasteiger partial charge in [-0.15, -0.1) is 0 Å². The zero-order valence-corrected chi connectivity index (χ0v) is 20.6. The molecule has 0 aromatic carbocycles. The quantitative estimate of drug-likeness (QED) is 0.182. The van der Waals surface area contributed by atoms with Gasteiger partial charge in [0.05, 0.1) is 0 Å². The van der Waals surface area contributed by atoms with Crippen LogP contribution in [0.5, 0.6) is 0 Å². The van der Waals surface area contributed by atoms with Crippen LogP contribution in [-0.2, 0) is 8.85 Å². The smallest absolute Gasteiger partial charge is 0.183 e. The average Bonchev–Trinajstić information content (AvgIpc) is 2.43. The van der Waals surface area contributed by atoms with Crippen molar-refractivity contribution in [1.82, 2.24) is 5.01 Å². The molecule has 2 unspecified atom stereocenters. The van der Waals surface area contributed by atoms with Gasteiger partial charge in [0.1, 0.15) is 0 Å². The summed E-state index contributed by atoms with van der Waals surface area (Å²) < 4.78 is 12.0. The van der Waals surface area contributed by atoms with E-state index in [1.807, 2.05) is 19.1 Å². The first-order valence-electron chi connectivity index (χ1n) is 9.85. The Kier molecular flexibility index (Phi) is 11.4. The van der Waals surface area contributed by atoms with Crippen LogP contribution in [-0.4, -0.2) is 54.7 Å². The molecule has 150 valence electrons. The van der Waals surface area contributed by atoms with Crippen LogP contribution in [0.1, 0.15) is 39.5 Å². The second kappa shape index (κ2) is 11.5. The second-order valence-corrected chi connectivity index (χ2v) is 18.4. The molecule has 0 aliphatic heterocycles. The lowest BCUT2D eigenvalue weighted by Gasteiger charge is -2.24. The normalized spacial score (nSPS) is 15.0. The van der Waals surface area contributed by atoms with Gasteiger partial charge in [-0.2, -0.15) is 5.10 Å². The van der Waals surface area contributed by atoms with Crippen LogP contribution < -0.4 is 0 Å². The van der Waals surface area contributed by atoms with Crippen molar-refractivity contribution in [2.75, 3.05) is 27.3 Å². The van der Waals surface area contributed by atoms with E-state index in [1.165, 1.54) is 5.71 Å². The van der Waals surface area contributed by atoms with Crippen LogP contribution in [0.4, 0.5) is 0 Å². The highest BCUT2D eigenvalue weighted by Gasteiger charge is 2.20. The molecular formula is C19H44N2O2Si2. The molecule has 0 aliphatic carbocycles. The summed E-state index contributed by atoms with van der Waals surface area (Å²) in [5.41, 5.74) is 1.33. The molecule has 0 spiro atoms. The highest BCUT2D eigenvalue weighted by atomic mass is 28.4. The van der Waals surface area contributed by atoms with Crippen LogP contribution in [0.3, 0.4) is 0 Å². The van der Waals surface area contributed by atoms with E-state index in [9.17, 15) is 0 Å². The van der Waals surface area contributed by atoms with Crippen molar-refractivity contribution in [2.24, 2.45) is 16.9 Å². The van der Waals surface area contributed by atoms with Crippen molar-refractivity contribution in [3.05, 3.63) is 0 Å². The summed E-state index contributed by atoms with van der Waals surface area (Å²) in [6.07, 6.45) is 4.52. The van der Waals surface area contributed by atoms with Gasteiger partial charge in [-0.05, 0) is 76.8 Å². The van der Waals surface area contributed by atoms with Crippen molar-refractivity contribution >= 4 is 22.3 Å². The third-order valence-electron chi connectivity index (χ3n) is 3.96. The van der Waals surface area contributed by atoms with E-state index >= 15 is 0 Å². The first-order valence-corrected chi connectivity index (χ1v) is 16.7. The van der Waals surface area contributed by atoms with Crippen molar-refractivity contribution in [3.8, 4) is 0 Å². The molecule has 0 aromatic rings. The molecular weight excluding hydrogens is 344 g/mol. The van der Waals surface area contributed by atoms with E-state index in [4.69, 9.17) is 14.0 Å². The fourth-order valence-electron chi connectivity index (χ4n) is 2.75. The van der Waals surface area contributed by atoms with Crippen molar-refractivity contribution < 1.29 is 8.85 Å². The van der Waals surface area contributed by atoms with E-state index in [0.717, 1.165) is 38.9 Å². The van der Waals surface area contributed by atoms with Gasteiger partial charge in [-0.1, -0.05) is 13.8 Å². The molecule has 0 bridgehead atoms. The molecule has 0 fully saturated rings. The molecule has 6 heteroatoms. The van der Waals surface area contributed by atoms with Gasteiger partial charge >= 0.3 is 0 Å². The minimum absolute atomic E-state index is 0.501. The maximum atomic E-state index is 5.99. The zero-order chi connectivity index (χ0) is 19.7. The fraction of sp³-hybridized carbons (Fsp3) is 0.947. The molecule has 0 aliphatic rings. The summed E-state index contributed by atoms with van der Waals surface area (Å²) in [6.45, 7) is 19.9. The Morgan fingerprint density at radius 2 is 1.16 bits per heavy atom. The number of hydrogen-bond donors (Lipinski definition) is 0. The highest BCUT2D eigenvalue weighted by molar-refractivity contribution is 6.70. The third-order valence-corrected chi connectivity index (χ3v) is 6.10. The first-order chi connectivity index (χ1) is 11.3. The maximum absolute atomic E-state index is 5.99. The number of hydrazone groups is 1. The summed E-state index contributed by atoms with van der Waals surface area (Å²) in [6, 6.07) is 0. The van der Waals surface area contributed by atoms with Crippen LogP contribution in [0, 0.1) is 11.8 Å². The topological polar surface area (TPSA) is 34.1 Å². The molecule has 2 atom stereocenters. The van der Waals surface area contributed by atoms with Gasteiger partial charge in [-0.25, -0.2) is 0 Å². The zero-order valence-electron chi connectivity index (χ0n) is 18.6. The summed E-state index contributed by atoms with van der Waals surface area (Å²) in [4.78, 5) is 0. The molecule has 0 amide bonds. The summed E-state index contributed by atoms with van der Waals surface area (Å²) in [5, 5.41) is 6.76. The minimum atomic E-state index is -1.39. The Bertz CT molecular complexity index is 358. The van der Waals surface area contributed by atoms with Crippen LogP contribution in [0.15, 0.2) is 5.10 Å². The summed E-state index contributed by atoms with van der Waals surface area (Å²) >= 11 is 0. The molecule has 4 nitrogen and oxygen atoms in total. The van der Waals surface area contributed by atoms with Crippen LogP contribution in [0.2, 0.25) is 39.3 Å². The van der Waals surface area contributed by atoms with Crippen molar-refractivity contribution in [2.45, 2.75) is 78.8 Å². The minimum Gasteiger partial charge on any atom is -0.418 e. The number of rotatable bonds is 13. The van der Waals surface area contributed by atoms with Gasteiger partial charge in [0, 0.05) is 33.0 Å². The van der Waals surface area contributed by atoms with Crippen LogP contribution in [0.25, 0.3) is 0 Å². The lowest BCUT2D eigenvalue weighted by Crippen LogP contribution is -2.28. The standard InChI is InChI=1S/C19H44N2O2Si2/c1-17(13-11-15-22-24(5,6)7)19(20-21(3)4)18(2)14-12-16-23-25(8,9)10/h17-18H,11-16H2,1-10H3. The molecule has 0 rings (SSSR count). The molecule has 0 radical (unpaired) electrons. The van der Waals surface area contributed by atoms with E-state index < -0.39 is 16.6 Å². The van der Waals surface area contributed by atoms with Gasteiger partial charge in [-0.3, -0.25) is 0 Å². The van der Waals surface area contributed by atoms with E-state index in [2.05, 4.69) is 53.1 Å². The Morgan fingerprint density at radius 1 is 0.800 bits per heavy atom.